The first-order valence-corrected chi connectivity index (χ1v) is 6.08. The monoisotopic (exact) mass is 253 g/mol. The molecule has 4 nitrogen and oxygen atoms in total. The van der Waals surface area contributed by atoms with E-state index in [-0.39, 0.29) is 0 Å². The van der Waals surface area contributed by atoms with Crippen LogP contribution in [-0.2, 0) is 0 Å². The Morgan fingerprint density at radius 1 is 1.21 bits per heavy atom. The van der Waals surface area contributed by atoms with Crippen molar-refractivity contribution in [1.29, 1.82) is 0 Å². The molecule has 4 heteroatoms. The number of ether oxygens (including phenoxy) is 1. The van der Waals surface area contributed by atoms with Crippen LogP contribution in [0, 0.1) is 6.92 Å². The lowest BCUT2D eigenvalue weighted by atomic mass is 10.1. The van der Waals surface area contributed by atoms with Crippen LogP contribution in [0.2, 0.25) is 0 Å². The van der Waals surface area contributed by atoms with Gasteiger partial charge in [-0.2, -0.15) is 0 Å². The van der Waals surface area contributed by atoms with Crippen LogP contribution in [0.5, 0.6) is 5.75 Å². The Morgan fingerprint density at radius 2 is 2.05 bits per heavy atom. The number of nitrogens with one attached hydrogen (secondary N) is 1. The minimum atomic E-state index is 0.774. The Kier molecular flexibility index (Phi) is 2.63. The molecular weight excluding hydrogens is 238 g/mol. The topological polar surface area (TPSA) is 63.9 Å². The summed E-state index contributed by atoms with van der Waals surface area (Å²) < 4.78 is 5.21. The molecule has 0 atom stereocenters. The molecule has 3 aromatic rings. The van der Waals surface area contributed by atoms with Crippen molar-refractivity contribution in [3.8, 4) is 17.1 Å². The molecule has 19 heavy (non-hydrogen) atoms. The summed E-state index contributed by atoms with van der Waals surface area (Å²) in [6.45, 7) is 2.00. The van der Waals surface area contributed by atoms with E-state index in [2.05, 4.69) is 9.97 Å². The maximum atomic E-state index is 5.94. The summed E-state index contributed by atoms with van der Waals surface area (Å²) in [4.78, 5) is 7.90. The highest BCUT2D eigenvalue weighted by molar-refractivity contribution is 5.82. The predicted octanol–water partition coefficient (Wildman–Crippen LogP) is 3.13. The van der Waals surface area contributed by atoms with Crippen molar-refractivity contribution in [3.05, 3.63) is 42.0 Å². The zero-order chi connectivity index (χ0) is 13.4. The average molecular weight is 253 g/mol. The molecule has 0 aliphatic carbocycles. The lowest BCUT2D eigenvalue weighted by molar-refractivity contribution is 0.415. The highest BCUT2D eigenvalue weighted by Crippen LogP contribution is 2.27. The summed E-state index contributed by atoms with van der Waals surface area (Å²) in [6.07, 6.45) is 0. The highest BCUT2D eigenvalue weighted by Gasteiger charge is 2.09. The zero-order valence-electron chi connectivity index (χ0n) is 10.9. The summed E-state index contributed by atoms with van der Waals surface area (Å²) in [5.41, 5.74) is 10.6. The number of H-pyrrole nitrogens is 1. The van der Waals surface area contributed by atoms with Gasteiger partial charge in [-0.05, 0) is 30.7 Å². The number of benzene rings is 2. The van der Waals surface area contributed by atoms with Gasteiger partial charge in [-0.25, -0.2) is 4.98 Å². The first-order chi connectivity index (χ1) is 9.19. The number of methoxy groups -OCH3 is 1. The second-order valence-electron chi connectivity index (χ2n) is 4.49. The van der Waals surface area contributed by atoms with Crippen LogP contribution in [0.15, 0.2) is 36.4 Å². The molecule has 0 aliphatic heterocycles. The molecule has 0 amide bonds. The van der Waals surface area contributed by atoms with Gasteiger partial charge in [0.1, 0.15) is 11.6 Å². The lowest BCUT2D eigenvalue weighted by Gasteiger charge is -2.04. The van der Waals surface area contributed by atoms with Crippen molar-refractivity contribution in [2.45, 2.75) is 6.92 Å². The normalized spacial score (nSPS) is 10.8. The third-order valence-electron chi connectivity index (χ3n) is 3.32. The van der Waals surface area contributed by atoms with Gasteiger partial charge in [-0.1, -0.05) is 12.1 Å². The molecule has 0 fully saturated rings. The third kappa shape index (κ3) is 1.91. The van der Waals surface area contributed by atoms with Gasteiger partial charge in [0.05, 0.1) is 18.1 Å². The van der Waals surface area contributed by atoms with Crippen molar-refractivity contribution in [3.63, 3.8) is 0 Å². The average Bonchev–Trinajstić information content (AvgIpc) is 2.84. The number of aromatic nitrogens is 2. The van der Waals surface area contributed by atoms with Crippen LogP contribution in [0.4, 0.5) is 5.69 Å². The molecular formula is C15H15N3O. The van der Waals surface area contributed by atoms with E-state index in [1.165, 1.54) is 0 Å². The van der Waals surface area contributed by atoms with Crippen LogP contribution in [0.1, 0.15) is 5.56 Å². The van der Waals surface area contributed by atoms with Crippen LogP contribution in [-0.4, -0.2) is 17.1 Å². The van der Waals surface area contributed by atoms with Crippen molar-refractivity contribution in [1.82, 2.24) is 9.97 Å². The van der Waals surface area contributed by atoms with Gasteiger partial charge in [-0.3, -0.25) is 0 Å². The molecule has 2 aromatic carbocycles. The van der Waals surface area contributed by atoms with Gasteiger partial charge in [0.15, 0.2) is 0 Å². The predicted molar refractivity (Wildman–Crippen MR) is 77.2 cm³/mol. The van der Waals surface area contributed by atoms with Gasteiger partial charge < -0.3 is 15.5 Å². The Hall–Kier alpha value is -2.49. The quantitative estimate of drug-likeness (QED) is 0.690. The standard InChI is InChI=1S/C15H15N3O/c1-9-11(4-3-5-12(9)16)15-17-13-7-6-10(19-2)8-14(13)18-15/h3-8H,16H2,1-2H3,(H,17,18). The van der Waals surface area contributed by atoms with Crippen LogP contribution >= 0.6 is 0 Å². The second-order valence-corrected chi connectivity index (χ2v) is 4.49. The summed E-state index contributed by atoms with van der Waals surface area (Å²) in [7, 11) is 1.65. The smallest absolute Gasteiger partial charge is 0.138 e. The lowest BCUT2D eigenvalue weighted by Crippen LogP contribution is -1.92. The van der Waals surface area contributed by atoms with E-state index in [1.54, 1.807) is 7.11 Å². The number of anilines is 1. The second kappa shape index (κ2) is 4.31. The molecule has 1 heterocycles. The Labute approximate surface area is 111 Å². The molecule has 0 saturated heterocycles. The summed E-state index contributed by atoms with van der Waals surface area (Å²) in [5.74, 6) is 1.64. The zero-order valence-corrected chi connectivity index (χ0v) is 10.9. The highest BCUT2D eigenvalue weighted by atomic mass is 16.5. The van der Waals surface area contributed by atoms with Gasteiger partial charge in [0.25, 0.3) is 0 Å². The minimum Gasteiger partial charge on any atom is -0.497 e. The number of hydrogen-bond acceptors (Lipinski definition) is 3. The van der Waals surface area contributed by atoms with Gasteiger partial charge in [0.2, 0.25) is 0 Å². The Balaban J connectivity index is 2.18. The van der Waals surface area contributed by atoms with E-state index < -0.39 is 0 Å². The van der Waals surface area contributed by atoms with Crippen LogP contribution < -0.4 is 10.5 Å². The fraction of sp³-hybridized carbons (Fsp3) is 0.133. The molecule has 0 unspecified atom stereocenters. The molecule has 0 spiro atoms. The van der Waals surface area contributed by atoms with E-state index in [9.17, 15) is 0 Å². The summed E-state index contributed by atoms with van der Waals surface area (Å²) in [6, 6.07) is 11.6. The Bertz CT molecular complexity index is 746. The van der Waals surface area contributed by atoms with Crippen molar-refractivity contribution >= 4 is 16.7 Å². The van der Waals surface area contributed by atoms with E-state index in [4.69, 9.17) is 10.5 Å². The van der Waals surface area contributed by atoms with Crippen molar-refractivity contribution < 1.29 is 4.74 Å². The van der Waals surface area contributed by atoms with E-state index in [0.29, 0.717) is 0 Å². The molecule has 0 saturated carbocycles. The Morgan fingerprint density at radius 3 is 2.84 bits per heavy atom. The fourth-order valence-corrected chi connectivity index (χ4v) is 2.15. The molecule has 96 valence electrons. The number of aromatic amines is 1. The molecule has 0 radical (unpaired) electrons. The largest absolute Gasteiger partial charge is 0.497 e. The fourth-order valence-electron chi connectivity index (χ4n) is 2.15. The van der Waals surface area contributed by atoms with E-state index in [1.807, 2.05) is 43.3 Å². The van der Waals surface area contributed by atoms with Gasteiger partial charge in [0, 0.05) is 17.3 Å². The number of rotatable bonds is 2. The van der Waals surface area contributed by atoms with Crippen LogP contribution in [0.3, 0.4) is 0 Å². The first kappa shape index (κ1) is 11.6. The molecule has 0 aliphatic rings. The third-order valence-corrected chi connectivity index (χ3v) is 3.32. The SMILES string of the molecule is COc1ccc2nc(-c3cccc(N)c3C)[nH]c2c1. The number of nitrogen functional groups attached to an aromatic ring is 1. The number of hydrogen-bond donors (Lipinski definition) is 2. The summed E-state index contributed by atoms with van der Waals surface area (Å²) >= 11 is 0. The van der Waals surface area contributed by atoms with E-state index >= 15 is 0 Å². The van der Waals surface area contributed by atoms with E-state index in [0.717, 1.165) is 39.4 Å². The van der Waals surface area contributed by atoms with Crippen LogP contribution in [0.25, 0.3) is 22.4 Å². The minimum absolute atomic E-state index is 0.774. The number of nitrogens with zero attached hydrogens (tertiary/aromatic N) is 1. The van der Waals surface area contributed by atoms with Gasteiger partial charge >= 0.3 is 0 Å². The summed E-state index contributed by atoms with van der Waals surface area (Å²) in [5, 5.41) is 0. The first-order valence-electron chi connectivity index (χ1n) is 6.08. The maximum Gasteiger partial charge on any atom is 0.138 e. The molecule has 0 bridgehead atoms. The van der Waals surface area contributed by atoms with Crippen molar-refractivity contribution in [2.24, 2.45) is 0 Å². The number of imidazole rings is 1. The molecule has 3 rings (SSSR count). The molecule has 3 N–H and O–H groups in total. The number of nitrogens with two attached hydrogens (primary N) is 1. The molecule has 1 aromatic heterocycles. The van der Waals surface area contributed by atoms with Gasteiger partial charge in [-0.15, -0.1) is 0 Å². The maximum absolute atomic E-state index is 5.94. The number of fused-ring (bicyclic) bond motifs is 1. The van der Waals surface area contributed by atoms with Crippen molar-refractivity contribution in [2.75, 3.05) is 12.8 Å².